The Hall–Kier alpha value is -2.32. The van der Waals surface area contributed by atoms with Crippen LogP contribution in [0.1, 0.15) is 30.9 Å². The summed E-state index contributed by atoms with van der Waals surface area (Å²) < 4.78 is 2.34. The molecule has 26 heavy (non-hydrogen) atoms. The molecule has 0 amide bonds. The first-order valence-corrected chi connectivity index (χ1v) is 9.03. The molecule has 0 bridgehead atoms. The van der Waals surface area contributed by atoms with Crippen LogP contribution in [0.5, 0.6) is 0 Å². The fourth-order valence-electron chi connectivity index (χ4n) is 4.03. The van der Waals surface area contributed by atoms with Crippen LogP contribution in [0.25, 0.3) is 10.9 Å². The number of aromatic nitrogens is 2. The zero-order chi connectivity index (χ0) is 18.6. The molecule has 1 aliphatic carbocycles. The molecular formula is C18H24N4O4. The first kappa shape index (κ1) is 17.1. The lowest BCUT2D eigenvalue weighted by molar-refractivity contribution is 0.0525. The van der Waals surface area contributed by atoms with E-state index >= 15 is 0 Å². The molecule has 2 aliphatic rings. The van der Waals surface area contributed by atoms with Gasteiger partial charge in [0.05, 0.1) is 23.6 Å². The predicted octanol–water partition coefficient (Wildman–Crippen LogP) is -0.300. The Balaban J connectivity index is 1.90. The van der Waals surface area contributed by atoms with Crippen molar-refractivity contribution in [2.45, 2.75) is 38.3 Å². The molecule has 8 heteroatoms. The third-order valence-electron chi connectivity index (χ3n) is 5.69. The minimum Gasteiger partial charge on any atom is -0.396 e. The van der Waals surface area contributed by atoms with Gasteiger partial charge in [0.1, 0.15) is 0 Å². The molecule has 2 fully saturated rings. The number of benzene rings is 1. The number of aliphatic hydroxyl groups is 2. The van der Waals surface area contributed by atoms with Crippen molar-refractivity contribution in [1.82, 2.24) is 9.24 Å². The van der Waals surface area contributed by atoms with E-state index in [9.17, 15) is 19.8 Å². The van der Waals surface area contributed by atoms with E-state index in [-0.39, 0.29) is 18.6 Å². The summed E-state index contributed by atoms with van der Waals surface area (Å²) in [4.78, 5) is 27.2. The number of piperidine rings is 1. The summed E-state index contributed by atoms with van der Waals surface area (Å²) in [6.45, 7) is 3.03. The van der Waals surface area contributed by atoms with Crippen molar-refractivity contribution in [3.63, 3.8) is 0 Å². The zero-order valence-electron chi connectivity index (χ0n) is 14.8. The van der Waals surface area contributed by atoms with Crippen LogP contribution in [0.3, 0.4) is 0 Å². The van der Waals surface area contributed by atoms with Crippen LogP contribution in [-0.2, 0) is 0 Å². The third kappa shape index (κ3) is 2.52. The monoisotopic (exact) mass is 360 g/mol. The number of fused-ring (bicyclic) bond motifs is 1. The highest BCUT2D eigenvalue weighted by Crippen LogP contribution is 2.38. The number of nitrogen functional groups attached to an aromatic ring is 1. The van der Waals surface area contributed by atoms with Crippen molar-refractivity contribution in [2.75, 3.05) is 30.4 Å². The summed E-state index contributed by atoms with van der Waals surface area (Å²) in [5.41, 5.74) is 1.46. The molecule has 2 unspecified atom stereocenters. The molecule has 1 saturated carbocycles. The second kappa shape index (κ2) is 6.14. The summed E-state index contributed by atoms with van der Waals surface area (Å²) in [5.74, 6) is 5.49. The molecule has 1 aliphatic heterocycles. The van der Waals surface area contributed by atoms with Crippen molar-refractivity contribution in [3.8, 4) is 0 Å². The molecule has 2 atom stereocenters. The number of aryl methyl sites for hydroxylation is 1. The highest BCUT2D eigenvalue weighted by Gasteiger charge is 2.31. The van der Waals surface area contributed by atoms with Gasteiger partial charge in [0, 0.05) is 30.7 Å². The van der Waals surface area contributed by atoms with E-state index in [2.05, 4.69) is 4.90 Å². The summed E-state index contributed by atoms with van der Waals surface area (Å²) in [5, 5.41) is 20.0. The Morgan fingerprint density at radius 1 is 1.23 bits per heavy atom. The predicted molar refractivity (Wildman–Crippen MR) is 99.0 cm³/mol. The summed E-state index contributed by atoms with van der Waals surface area (Å²) in [6, 6.07) is 3.68. The first-order chi connectivity index (χ1) is 12.4. The number of hydrogen-bond acceptors (Lipinski definition) is 6. The molecule has 1 aromatic heterocycles. The number of hydrogen-bond donors (Lipinski definition) is 3. The van der Waals surface area contributed by atoms with Crippen molar-refractivity contribution in [3.05, 3.63) is 38.5 Å². The van der Waals surface area contributed by atoms with Gasteiger partial charge in [0.25, 0.3) is 5.56 Å². The van der Waals surface area contributed by atoms with Gasteiger partial charge in [-0.3, -0.25) is 9.36 Å². The van der Waals surface area contributed by atoms with Crippen LogP contribution in [-0.4, -0.2) is 45.3 Å². The number of aliphatic hydroxyl groups excluding tert-OH is 2. The van der Waals surface area contributed by atoms with Gasteiger partial charge in [0.2, 0.25) is 0 Å². The molecule has 2 aromatic rings. The van der Waals surface area contributed by atoms with Gasteiger partial charge in [-0.15, -0.1) is 0 Å². The lowest BCUT2D eigenvalue weighted by atomic mass is 9.94. The minimum atomic E-state index is -0.508. The molecular weight excluding hydrogens is 336 g/mol. The number of rotatable bonds is 3. The summed E-state index contributed by atoms with van der Waals surface area (Å²) in [6.07, 6.45) is 1.87. The van der Waals surface area contributed by atoms with E-state index < -0.39 is 17.4 Å². The second-order valence-corrected chi connectivity index (χ2v) is 7.41. The maximum Gasteiger partial charge on any atom is 0.350 e. The van der Waals surface area contributed by atoms with Crippen molar-refractivity contribution in [2.24, 2.45) is 5.92 Å². The van der Waals surface area contributed by atoms with Crippen LogP contribution in [0.4, 0.5) is 5.69 Å². The number of anilines is 1. The van der Waals surface area contributed by atoms with E-state index in [4.69, 9.17) is 5.84 Å². The molecule has 1 aromatic carbocycles. The largest absolute Gasteiger partial charge is 0.396 e. The SMILES string of the molecule is Cc1c(N2CCC(O)C(CO)C2)ccc2c(=O)n(N)c(=O)n(C3CC3)c12. The fraction of sp³-hybridized carbons (Fsp3) is 0.556. The van der Waals surface area contributed by atoms with E-state index in [1.165, 1.54) is 0 Å². The molecule has 4 rings (SSSR count). The second-order valence-electron chi connectivity index (χ2n) is 7.41. The Kier molecular flexibility index (Phi) is 4.04. The Morgan fingerprint density at radius 3 is 2.62 bits per heavy atom. The average Bonchev–Trinajstić information content (AvgIpc) is 3.46. The summed E-state index contributed by atoms with van der Waals surface area (Å²) >= 11 is 0. The van der Waals surface area contributed by atoms with Crippen molar-refractivity contribution < 1.29 is 10.2 Å². The highest BCUT2D eigenvalue weighted by atomic mass is 16.3. The number of nitrogens with zero attached hydrogens (tertiary/aromatic N) is 3. The van der Waals surface area contributed by atoms with Crippen molar-refractivity contribution in [1.29, 1.82) is 0 Å². The molecule has 0 spiro atoms. The van der Waals surface area contributed by atoms with Gasteiger partial charge < -0.3 is 21.0 Å². The van der Waals surface area contributed by atoms with E-state index in [0.717, 1.165) is 24.1 Å². The van der Waals surface area contributed by atoms with Crippen LogP contribution < -0.4 is 22.0 Å². The van der Waals surface area contributed by atoms with E-state index in [0.29, 0.717) is 35.1 Å². The molecule has 140 valence electrons. The van der Waals surface area contributed by atoms with Crippen LogP contribution in [0.15, 0.2) is 21.7 Å². The van der Waals surface area contributed by atoms with Gasteiger partial charge in [-0.25, -0.2) is 4.79 Å². The highest BCUT2D eigenvalue weighted by molar-refractivity contribution is 5.87. The lowest BCUT2D eigenvalue weighted by Crippen LogP contribution is -2.46. The Labute approximate surface area is 150 Å². The van der Waals surface area contributed by atoms with Gasteiger partial charge in [-0.1, -0.05) is 0 Å². The molecule has 8 nitrogen and oxygen atoms in total. The minimum absolute atomic E-state index is 0.0744. The van der Waals surface area contributed by atoms with Crippen LogP contribution >= 0.6 is 0 Å². The fourth-order valence-corrected chi connectivity index (χ4v) is 4.03. The quantitative estimate of drug-likeness (QED) is 0.648. The summed E-state index contributed by atoms with van der Waals surface area (Å²) in [7, 11) is 0. The Bertz CT molecular complexity index is 976. The van der Waals surface area contributed by atoms with Gasteiger partial charge in [-0.05, 0) is 43.9 Å². The maximum atomic E-state index is 12.6. The standard InChI is InChI=1S/C18H24N4O4/c1-10-14(20-7-6-15(24)11(8-20)9-23)5-4-13-16(10)21(12-2-3-12)18(26)22(19)17(13)25/h4-5,11-12,15,23-24H,2-3,6-9,19H2,1H3. The van der Waals surface area contributed by atoms with Crippen molar-refractivity contribution >= 4 is 16.6 Å². The third-order valence-corrected chi connectivity index (χ3v) is 5.69. The number of nitrogens with two attached hydrogens (primary N) is 1. The maximum absolute atomic E-state index is 12.6. The molecule has 4 N–H and O–H groups in total. The van der Waals surface area contributed by atoms with E-state index in [1.54, 1.807) is 10.6 Å². The normalized spacial score (nSPS) is 23.6. The average molecular weight is 360 g/mol. The van der Waals surface area contributed by atoms with Gasteiger partial charge >= 0.3 is 5.69 Å². The first-order valence-electron chi connectivity index (χ1n) is 9.03. The zero-order valence-corrected chi connectivity index (χ0v) is 14.8. The van der Waals surface area contributed by atoms with Gasteiger partial charge in [0.15, 0.2) is 0 Å². The van der Waals surface area contributed by atoms with Crippen LogP contribution in [0.2, 0.25) is 0 Å². The smallest absolute Gasteiger partial charge is 0.350 e. The molecule has 1 saturated heterocycles. The van der Waals surface area contributed by atoms with Gasteiger partial charge in [-0.2, -0.15) is 4.68 Å². The topological polar surface area (TPSA) is 114 Å². The van der Waals surface area contributed by atoms with E-state index in [1.807, 2.05) is 13.0 Å². The van der Waals surface area contributed by atoms with Crippen LogP contribution in [0, 0.1) is 12.8 Å². The Morgan fingerprint density at radius 2 is 1.96 bits per heavy atom. The molecule has 2 heterocycles. The lowest BCUT2D eigenvalue weighted by Gasteiger charge is -2.37. The molecule has 0 radical (unpaired) electrons.